The van der Waals surface area contributed by atoms with Crippen LogP contribution in [-0.4, -0.2) is 34.8 Å². The average molecular weight is 242 g/mol. The highest BCUT2D eigenvalue weighted by Gasteiger charge is 2.19. The molecule has 0 saturated heterocycles. The fourth-order valence-corrected chi connectivity index (χ4v) is 1.11. The number of carbonyl (C=O) groups is 2. The number of aliphatic hydroxyl groups is 1. The molecule has 0 spiro atoms. The number of nitrogens with one attached hydrogen (secondary N) is 2. The van der Waals surface area contributed by atoms with E-state index in [9.17, 15) is 14.0 Å². The first-order chi connectivity index (χ1) is 8.08. The molecule has 1 aromatic carbocycles. The molecule has 1 aromatic rings. The Hall–Kier alpha value is -1.99. The van der Waals surface area contributed by atoms with E-state index in [0.29, 0.717) is 0 Å². The van der Waals surface area contributed by atoms with Crippen LogP contribution in [0.2, 0.25) is 0 Å². The molecule has 0 fully saturated rings. The van der Waals surface area contributed by atoms with Crippen molar-refractivity contribution in [1.29, 1.82) is 0 Å². The molecule has 4 N–H and O–H groups in total. The number of benzene rings is 1. The van der Waals surface area contributed by atoms with E-state index in [4.69, 9.17) is 10.3 Å². The lowest BCUT2D eigenvalue weighted by molar-refractivity contribution is -0.132. The molecular formula is C10H11FN2O4. The Morgan fingerprint density at radius 2 is 1.88 bits per heavy atom. The molecule has 17 heavy (non-hydrogen) atoms. The molecule has 6 nitrogen and oxygen atoms in total. The smallest absolute Gasteiger partial charge is 0.268 e. The van der Waals surface area contributed by atoms with Crippen LogP contribution in [0.4, 0.5) is 4.39 Å². The van der Waals surface area contributed by atoms with Gasteiger partial charge in [-0.1, -0.05) is 0 Å². The molecular weight excluding hydrogens is 231 g/mol. The maximum absolute atomic E-state index is 12.6. The van der Waals surface area contributed by atoms with Gasteiger partial charge in [0.1, 0.15) is 11.9 Å². The van der Waals surface area contributed by atoms with Crippen molar-refractivity contribution in [2.75, 3.05) is 6.61 Å². The van der Waals surface area contributed by atoms with Gasteiger partial charge in [0.15, 0.2) is 0 Å². The molecule has 0 aliphatic carbocycles. The lowest BCUT2D eigenvalue weighted by Gasteiger charge is -2.13. The van der Waals surface area contributed by atoms with Crippen molar-refractivity contribution < 1.29 is 24.3 Å². The van der Waals surface area contributed by atoms with Crippen molar-refractivity contribution in [3.05, 3.63) is 35.6 Å². The topological polar surface area (TPSA) is 98.7 Å². The predicted molar refractivity (Wildman–Crippen MR) is 54.7 cm³/mol. The fourth-order valence-electron chi connectivity index (χ4n) is 1.11. The van der Waals surface area contributed by atoms with E-state index in [1.165, 1.54) is 17.6 Å². The summed E-state index contributed by atoms with van der Waals surface area (Å²) in [6.45, 7) is -0.667. The Kier molecular flexibility index (Phi) is 4.56. The summed E-state index contributed by atoms with van der Waals surface area (Å²) in [5.41, 5.74) is 1.44. The first-order valence-corrected chi connectivity index (χ1v) is 4.69. The van der Waals surface area contributed by atoms with E-state index in [1.54, 1.807) is 0 Å². The Morgan fingerprint density at radius 1 is 1.29 bits per heavy atom. The molecule has 2 amide bonds. The molecule has 7 heteroatoms. The van der Waals surface area contributed by atoms with Crippen LogP contribution in [0.15, 0.2) is 24.3 Å². The highest BCUT2D eigenvalue weighted by Crippen LogP contribution is 2.02. The number of amides is 2. The summed E-state index contributed by atoms with van der Waals surface area (Å²) in [4.78, 5) is 22.5. The Morgan fingerprint density at radius 3 is 2.35 bits per heavy atom. The standard InChI is InChI=1S/C10H11FN2O4/c11-7-3-1-6(2-4-7)9(15)12-8(5-14)10(16)13-17/h1-4,8,14,17H,5H2,(H,12,15)(H,13,16)/t8-/m0/s1. The minimum Gasteiger partial charge on any atom is -0.394 e. The molecule has 0 saturated carbocycles. The summed E-state index contributed by atoms with van der Waals surface area (Å²) in [5.74, 6) is -2.09. The van der Waals surface area contributed by atoms with Crippen LogP contribution in [0.3, 0.4) is 0 Å². The van der Waals surface area contributed by atoms with E-state index in [0.717, 1.165) is 12.1 Å². The van der Waals surface area contributed by atoms with Gasteiger partial charge < -0.3 is 10.4 Å². The minimum atomic E-state index is -1.27. The highest BCUT2D eigenvalue weighted by molar-refractivity contribution is 5.97. The van der Waals surface area contributed by atoms with Gasteiger partial charge in [-0.25, -0.2) is 9.87 Å². The quantitative estimate of drug-likeness (QED) is 0.419. The SMILES string of the molecule is O=C(N[C@@H](CO)C(=O)NO)c1ccc(F)cc1. The van der Waals surface area contributed by atoms with Gasteiger partial charge in [-0.05, 0) is 24.3 Å². The number of hydrogen-bond donors (Lipinski definition) is 4. The van der Waals surface area contributed by atoms with Crippen LogP contribution in [0.25, 0.3) is 0 Å². The second-order valence-corrected chi connectivity index (χ2v) is 3.19. The van der Waals surface area contributed by atoms with Crippen LogP contribution in [0.5, 0.6) is 0 Å². The summed E-state index contributed by atoms with van der Waals surface area (Å²) in [7, 11) is 0. The minimum absolute atomic E-state index is 0.135. The zero-order valence-corrected chi connectivity index (χ0v) is 8.68. The first kappa shape index (κ1) is 13.1. The Balaban J connectivity index is 2.71. The van der Waals surface area contributed by atoms with Gasteiger partial charge in [-0.3, -0.25) is 14.8 Å². The number of halogens is 1. The van der Waals surface area contributed by atoms with Crippen LogP contribution in [0, 0.1) is 5.82 Å². The van der Waals surface area contributed by atoms with Gasteiger partial charge in [0.2, 0.25) is 0 Å². The lowest BCUT2D eigenvalue weighted by atomic mass is 10.2. The molecule has 0 radical (unpaired) electrons. The summed E-state index contributed by atoms with van der Waals surface area (Å²) in [6, 6.07) is 3.38. The Labute approximate surface area is 96.0 Å². The molecule has 1 atom stereocenters. The van der Waals surface area contributed by atoms with Gasteiger partial charge in [0.25, 0.3) is 11.8 Å². The van der Waals surface area contributed by atoms with Crippen molar-refractivity contribution in [3.63, 3.8) is 0 Å². The predicted octanol–water partition coefficient (Wildman–Crippen LogP) is -0.578. The monoisotopic (exact) mass is 242 g/mol. The molecule has 0 unspecified atom stereocenters. The number of hydrogen-bond acceptors (Lipinski definition) is 4. The largest absolute Gasteiger partial charge is 0.394 e. The summed E-state index contributed by atoms with van der Waals surface area (Å²) in [6.07, 6.45) is 0. The number of aliphatic hydroxyl groups excluding tert-OH is 1. The van der Waals surface area contributed by atoms with Crippen molar-refractivity contribution >= 4 is 11.8 Å². The van der Waals surface area contributed by atoms with E-state index in [-0.39, 0.29) is 5.56 Å². The van der Waals surface area contributed by atoms with Crippen molar-refractivity contribution in [3.8, 4) is 0 Å². The zero-order valence-electron chi connectivity index (χ0n) is 8.68. The van der Waals surface area contributed by atoms with E-state index >= 15 is 0 Å². The number of carbonyl (C=O) groups excluding carboxylic acids is 2. The van der Waals surface area contributed by atoms with Crippen LogP contribution < -0.4 is 10.8 Å². The molecule has 0 aromatic heterocycles. The summed E-state index contributed by atoms with van der Waals surface area (Å²) in [5, 5.41) is 19.3. The van der Waals surface area contributed by atoms with Crippen molar-refractivity contribution in [1.82, 2.24) is 10.8 Å². The van der Waals surface area contributed by atoms with Crippen LogP contribution in [0.1, 0.15) is 10.4 Å². The fraction of sp³-hybridized carbons (Fsp3) is 0.200. The van der Waals surface area contributed by atoms with Gasteiger partial charge in [0, 0.05) is 5.56 Å². The van der Waals surface area contributed by atoms with E-state index in [2.05, 4.69) is 5.32 Å². The molecule has 0 aliphatic heterocycles. The second kappa shape index (κ2) is 5.92. The molecule has 92 valence electrons. The number of rotatable bonds is 4. The normalized spacial score (nSPS) is 11.7. The third kappa shape index (κ3) is 3.51. The third-order valence-electron chi connectivity index (χ3n) is 2.02. The number of hydroxylamine groups is 1. The van der Waals surface area contributed by atoms with Crippen molar-refractivity contribution in [2.45, 2.75) is 6.04 Å². The summed E-state index contributed by atoms with van der Waals surface area (Å²) < 4.78 is 12.6. The molecule has 0 bridgehead atoms. The average Bonchev–Trinajstić information content (AvgIpc) is 2.35. The Bertz CT molecular complexity index is 407. The van der Waals surface area contributed by atoms with Gasteiger partial charge in [-0.2, -0.15) is 0 Å². The van der Waals surface area contributed by atoms with Crippen LogP contribution in [-0.2, 0) is 4.79 Å². The highest BCUT2D eigenvalue weighted by atomic mass is 19.1. The van der Waals surface area contributed by atoms with Crippen LogP contribution >= 0.6 is 0 Å². The van der Waals surface area contributed by atoms with Gasteiger partial charge in [0.05, 0.1) is 6.61 Å². The van der Waals surface area contributed by atoms with Gasteiger partial charge >= 0.3 is 0 Å². The lowest BCUT2D eigenvalue weighted by Crippen LogP contribution is -2.48. The second-order valence-electron chi connectivity index (χ2n) is 3.19. The van der Waals surface area contributed by atoms with E-state index < -0.39 is 30.3 Å². The molecule has 1 rings (SSSR count). The molecule has 0 aliphatic rings. The van der Waals surface area contributed by atoms with E-state index in [1.807, 2.05) is 0 Å². The first-order valence-electron chi connectivity index (χ1n) is 4.69. The maximum Gasteiger partial charge on any atom is 0.268 e. The van der Waals surface area contributed by atoms with Gasteiger partial charge in [-0.15, -0.1) is 0 Å². The zero-order chi connectivity index (χ0) is 12.8. The maximum atomic E-state index is 12.6. The third-order valence-corrected chi connectivity index (χ3v) is 2.02. The molecule has 0 heterocycles. The summed E-state index contributed by atoms with van der Waals surface area (Å²) >= 11 is 0. The van der Waals surface area contributed by atoms with Crippen molar-refractivity contribution in [2.24, 2.45) is 0 Å².